The first-order valence-corrected chi connectivity index (χ1v) is 6.72. The van der Waals surface area contributed by atoms with Gasteiger partial charge >= 0.3 is 0 Å². The summed E-state index contributed by atoms with van der Waals surface area (Å²) in [4.78, 5) is 0. The van der Waals surface area contributed by atoms with Crippen LogP contribution in [-0.4, -0.2) is 19.3 Å². The van der Waals surface area contributed by atoms with Gasteiger partial charge in [0.2, 0.25) is 0 Å². The normalized spacial score (nSPS) is 13.7. The molecule has 0 heterocycles. The third kappa shape index (κ3) is 3.12. The molecule has 0 radical (unpaired) electrons. The van der Waals surface area contributed by atoms with Crippen molar-refractivity contribution in [3.05, 3.63) is 34.4 Å². The molecular formula is C16H27NO. The van der Waals surface area contributed by atoms with Crippen LogP contribution >= 0.6 is 0 Å². The molecule has 0 aliphatic heterocycles. The van der Waals surface area contributed by atoms with E-state index in [0.29, 0.717) is 0 Å². The van der Waals surface area contributed by atoms with E-state index in [9.17, 15) is 0 Å². The summed E-state index contributed by atoms with van der Waals surface area (Å²) in [7, 11) is 2.00. The van der Waals surface area contributed by atoms with E-state index in [1.807, 2.05) is 14.0 Å². The maximum atomic E-state index is 5.90. The van der Waals surface area contributed by atoms with Gasteiger partial charge in [0.1, 0.15) is 0 Å². The van der Waals surface area contributed by atoms with Crippen molar-refractivity contribution in [3.63, 3.8) is 0 Å². The molecule has 1 N–H and O–H groups in total. The molecule has 2 nitrogen and oxygen atoms in total. The molecule has 0 saturated carbocycles. The Hall–Kier alpha value is -0.860. The van der Waals surface area contributed by atoms with Crippen LogP contribution in [0.1, 0.15) is 49.1 Å². The van der Waals surface area contributed by atoms with Crippen molar-refractivity contribution < 1.29 is 4.74 Å². The highest BCUT2D eigenvalue weighted by atomic mass is 16.5. The maximum absolute atomic E-state index is 5.90. The van der Waals surface area contributed by atoms with Crippen LogP contribution in [0.5, 0.6) is 0 Å². The first kappa shape index (κ1) is 15.2. The number of ether oxygens (including phenoxy) is 1. The molecule has 2 heteroatoms. The lowest BCUT2D eigenvalue weighted by Crippen LogP contribution is -2.40. The van der Waals surface area contributed by atoms with Crippen LogP contribution in [0.15, 0.2) is 12.1 Å². The molecule has 1 aromatic carbocycles. The number of hydrogen-bond acceptors (Lipinski definition) is 2. The first-order valence-electron chi connectivity index (χ1n) is 6.72. The zero-order chi connectivity index (χ0) is 13.9. The van der Waals surface area contributed by atoms with Crippen molar-refractivity contribution in [1.29, 1.82) is 0 Å². The Morgan fingerprint density at radius 1 is 1.11 bits per heavy atom. The van der Waals surface area contributed by atoms with E-state index in [1.165, 1.54) is 22.3 Å². The molecular weight excluding hydrogens is 222 g/mol. The van der Waals surface area contributed by atoms with Crippen molar-refractivity contribution in [2.75, 3.05) is 13.7 Å². The van der Waals surface area contributed by atoms with E-state index in [-0.39, 0.29) is 11.6 Å². The molecule has 0 fully saturated rings. The molecule has 1 atom stereocenters. The fourth-order valence-corrected chi connectivity index (χ4v) is 2.63. The average molecular weight is 249 g/mol. The van der Waals surface area contributed by atoms with Gasteiger partial charge < -0.3 is 10.1 Å². The van der Waals surface area contributed by atoms with Crippen molar-refractivity contribution in [1.82, 2.24) is 5.32 Å². The quantitative estimate of drug-likeness (QED) is 0.859. The molecule has 102 valence electrons. The zero-order valence-corrected chi connectivity index (χ0v) is 12.8. The van der Waals surface area contributed by atoms with Gasteiger partial charge in [-0.05, 0) is 70.8 Å². The van der Waals surface area contributed by atoms with Gasteiger partial charge in [-0.3, -0.25) is 0 Å². The molecule has 18 heavy (non-hydrogen) atoms. The summed E-state index contributed by atoms with van der Waals surface area (Å²) in [5.74, 6) is 0. The van der Waals surface area contributed by atoms with Gasteiger partial charge in [0.15, 0.2) is 0 Å². The van der Waals surface area contributed by atoms with Gasteiger partial charge in [-0.2, -0.15) is 0 Å². The van der Waals surface area contributed by atoms with Gasteiger partial charge in [-0.25, -0.2) is 0 Å². The Labute approximate surface area is 112 Å². The second kappa shape index (κ2) is 5.85. The van der Waals surface area contributed by atoms with Gasteiger partial charge in [-0.15, -0.1) is 0 Å². The largest absolute Gasteiger partial charge is 0.374 e. The van der Waals surface area contributed by atoms with E-state index >= 15 is 0 Å². The van der Waals surface area contributed by atoms with Crippen LogP contribution < -0.4 is 5.32 Å². The van der Waals surface area contributed by atoms with E-state index in [0.717, 1.165) is 6.61 Å². The third-order valence-electron chi connectivity index (χ3n) is 3.69. The summed E-state index contributed by atoms with van der Waals surface area (Å²) in [6, 6.07) is 4.75. The Bertz CT molecular complexity index is 410. The maximum Gasteiger partial charge on any atom is 0.0820 e. The molecule has 1 aromatic rings. The SMILES string of the molecule is CCOC(C)(C)C(NC)c1cc(C)c(C)cc1C. The number of rotatable bonds is 5. The summed E-state index contributed by atoms with van der Waals surface area (Å²) in [5, 5.41) is 3.41. The lowest BCUT2D eigenvalue weighted by Gasteiger charge is -2.35. The topological polar surface area (TPSA) is 21.3 Å². The van der Waals surface area contributed by atoms with E-state index in [2.05, 4.69) is 52.1 Å². The molecule has 1 rings (SSSR count). The number of aryl methyl sites for hydroxylation is 3. The van der Waals surface area contributed by atoms with Crippen LogP contribution in [-0.2, 0) is 4.74 Å². The molecule has 0 bridgehead atoms. The predicted octanol–water partition coefficient (Wildman–Crippen LogP) is 3.69. The zero-order valence-electron chi connectivity index (χ0n) is 12.8. The van der Waals surface area contributed by atoms with Gasteiger partial charge in [0.05, 0.1) is 11.6 Å². The minimum absolute atomic E-state index is 0.205. The highest BCUT2D eigenvalue weighted by Crippen LogP contribution is 2.32. The molecule has 0 saturated heterocycles. The number of hydrogen-bond donors (Lipinski definition) is 1. The molecule has 0 amide bonds. The Kier molecular flexibility index (Phi) is 4.94. The van der Waals surface area contributed by atoms with Crippen LogP contribution in [0.4, 0.5) is 0 Å². The lowest BCUT2D eigenvalue weighted by atomic mass is 9.87. The summed E-state index contributed by atoms with van der Waals surface area (Å²) in [5.41, 5.74) is 5.13. The Morgan fingerprint density at radius 2 is 1.67 bits per heavy atom. The lowest BCUT2D eigenvalue weighted by molar-refractivity contribution is -0.0376. The first-order chi connectivity index (χ1) is 8.33. The van der Waals surface area contributed by atoms with Crippen LogP contribution in [0.2, 0.25) is 0 Å². The van der Waals surface area contributed by atoms with E-state index < -0.39 is 0 Å². The van der Waals surface area contributed by atoms with Crippen molar-refractivity contribution in [3.8, 4) is 0 Å². The summed E-state index contributed by atoms with van der Waals surface area (Å²) < 4.78 is 5.90. The van der Waals surface area contributed by atoms with Crippen LogP contribution in [0.25, 0.3) is 0 Å². The van der Waals surface area contributed by atoms with Crippen molar-refractivity contribution in [2.24, 2.45) is 0 Å². The summed E-state index contributed by atoms with van der Waals surface area (Å²) in [6.45, 7) is 13.6. The van der Waals surface area contributed by atoms with Crippen molar-refractivity contribution >= 4 is 0 Å². The standard InChI is InChI=1S/C16H27NO/c1-8-18-16(5,6)15(17-7)14-10-12(3)11(2)9-13(14)4/h9-10,15,17H,8H2,1-7H3. The van der Waals surface area contributed by atoms with Gasteiger partial charge in [-0.1, -0.05) is 12.1 Å². The fraction of sp³-hybridized carbons (Fsp3) is 0.625. The van der Waals surface area contributed by atoms with Crippen LogP contribution in [0, 0.1) is 20.8 Å². The molecule has 0 aliphatic carbocycles. The number of nitrogens with one attached hydrogen (secondary N) is 1. The number of benzene rings is 1. The van der Waals surface area contributed by atoms with Crippen molar-refractivity contribution in [2.45, 2.75) is 53.2 Å². The monoisotopic (exact) mass is 249 g/mol. The Morgan fingerprint density at radius 3 is 2.17 bits per heavy atom. The molecule has 1 unspecified atom stereocenters. The summed E-state index contributed by atoms with van der Waals surface area (Å²) >= 11 is 0. The predicted molar refractivity (Wildman–Crippen MR) is 78.2 cm³/mol. The van der Waals surface area contributed by atoms with Gasteiger partial charge in [0, 0.05) is 6.61 Å². The molecule has 0 spiro atoms. The second-order valence-corrected chi connectivity index (χ2v) is 5.55. The van der Waals surface area contributed by atoms with Gasteiger partial charge in [0.25, 0.3) is 0 Å². The highest BCUT2D eigenvalue weighted by molar-refractivity contribution is 5.39. The summed E-state index contributed by atoms with van der Waals surface area (Å²) in [6.07, 6.45) is 0. The number of likely N-dealkylation sites (N-methyl/N-ethyl adjacent to an activating group) is 1. The highest BCUT2D eigenvalue weighted by Gasteiger charge is 2.31. The molecule has 0 aromatic heterocycles. The third-order valence-corrected chi connectivity index (χ3v) is 3.69. The van der Waals surface area contributed by atoms with E-state index in [4.69, 9.17) is 4.74 Å². The second-order valence-electron chi connectivity index (χ2n) is 5.55. The minimum Gasteiger partial charge on any atom is -0.374 e. The Balaban J connectivity index is 3.21. The smallest absolute Gasteiger partial charge is 0.0820 e. The van der Waals surface area contributed by atoms with E-state index in [1.54, 1.807) is 0 Å². The van der Waals surface area contributed by atoms with Crippen LogP contribution in [0.3, 0.4) is 0 Å². The molecule has 0 aliphatic rings. The average Bonchev–Trinajstić information content (AvgIpc) is 2.25. The fourth-order valence-electron chi connectivity index (χ4n) is 2.63. The minimum atomic E-state index is -0.212.